The molecule has 56 heavy (non-hydrogen) atoms. The molecule has 0 saturated heterocycles. The summed E-state index contributed by atoms with van der Waals surface area (Å²) < 4.78 is 0. The molecule has 0 N–H and O–H groups in total. The van der Waals surface area contributed by atoms with E-state index in [1.165, 1.54) is 0 Å². The second kappa shape index (κ2) is 17.6. The van der Waals surface area contributed by atoms with Crippen LogP contribution in [0.25, 0.3) is 45.8 Å². The monoisotopic (exact) mass is 726 g/mol. The van der Waals surface area contributed by atoms with Crippen LogP contribution in [0.15, 0.2) is 182 Å². The average Bonchev–Trinajstić information content (AvgIpc) is 3.27. The normalized spacial score (nSPS) is 11.4. The lowest BCUT2D eigenvalue weighted by Gasteiger charge is -2.30. The number of benzene rings is 7. The second-order valence-corrected chi connectivity index (χ2v) is 12.8. The molecule has 0 fully saturated rings. The van der Waals surface area contributed by atoms with E-state index in [1.807, 2.05) is 158 Å². The third-order valence-corrected chi connectivity index (χ3v) is 9.37. The second-order valence-electron chi connectivity index (χ2n) is 12.8. The molecule has 6 nitrogen and oxygen atoms in total. The summed E-state index contributed by atoms with van der Waals surface area (Å²) in [6.45, 7) is 0. The maximum atomic E-state index is 11.0. The summed E-state index contributed by atoms with van der Waals surface area (Å²) in [7, 11) is 3.21. The molecule has 0 aromatic heterocycles. The third kappa shape index (κ3) is 7.89. The summed E-state index contributed by atoms with van der Waals surface area (Å²) in [6.07, 6.45) is 3.95. The first-order valence-electron chi connectivity index (χ1n) is 18.1. The molecule has 0 saturated carbocycles. The van der Waals surface area contributed by atoms with E-state index in [9.17, 15) is 10.5 Å². The van der Waals surface area contributed by atoms with E-state index in [-0.39, 0.29) is 0 Å². The minimum Gasteiger partial charge on any atom is -0.272 e. The standard InChI is InChI=1S/C50H38N4O2/c1-55-53(47-29-17-15-27-43(47)39-23-11-5-12-24-39)49(31-37-19-7-3-8-20-37)45-33-42(36-52)46(34-41(45)35-51)50(32-38-21-9-4-10-22-38)54(56-2)48-30-18-16-28-44(48)40-25-13-6-14-26-40/h3-34H,1-2H3. The van der Waals surface area contributed by atoms with Crippen molar-refractivity contribution in [2.24, 2.45) is 0 Å². The predicted octanol–water partition coefficient (Wildman–Crippen LogP) is 11.9. The number of hydroxylamine groups is 2. The molecule has 0 spiro atoms. The number of rotatable bonds is 12. The number of nitrogens with zero attached hydrogens (tertiary/aromatic N) is 4. The Kier molecular flexibility index (Phi) is 11.6. The molecular formula is C50H38N4O2. The lowest BCUT2D eigenvalue weighted by molar-refractivity contribution is 0.204. The van der Waals surface area contributed by atoms with Gasteiger partial charge in [0.25, 0.3) is 0 Å². The van der Waals surface area contributed by atoms with E-state index in [2.05, 4.69) is 36.4 Å². The van der Waals surface area contributed by atoms with E-state index < -0.39 is 0 Å². The molecule has 0 aliphatic carbocycles. The number of hydrogen-bond acceptors (Lipinski definition) is 6. The van der Waals surface area contributed by atoms with Crippen LogP contribution in [-0.2, 0) is 9.68 Å². The van der Waals surface area contributed by atoms with Gasteiger partial charge in [0.2, 0.25) is 0 Å². The zero-order valence-corrected chi connectivity index (χ0v) is 31.1. The molecule has 0 amide bonds. The maximum absolute atomic E-state index is 11.0. The first-order valence-corrected chi connectivity index (χ1v) is 18.1. The highest BCUT2D eigenvalue weighted by atomic mass is 16.7. The highest BCUT2D eigenvalue weighted by Crippen LogP contribution is 2.41. The van der Waals surface area contributed by atoms with Crippen LogP contribution in [0.3, 0.4) is 0 Å². The van der Waals surface area contributed by atoms with Gasteiger partial charge < -0.3 is 0 Å². The maximum Gasteiger partial charge on any atom is 0.0999 e. The van der Waals surface area contributed by atoms with Crippen LogP contribution in [0.2, 0.25) is 0 Å². The van der Waals surface area contributed by atoms with E-state index in [4.69, 9.17) is 9.68 Å². The van der Waals surface area contributed by atoms with Gasteiger partial charge in [0.1, 0.15) is 0 Å². The van der Waals surface area contributed by atoms with Crippen molar-refractivity contribution in [1.29, 1.82) is 10.5 Å². The summed E-state index contributed by atoms with van der Waals surface area (Å²) in [5.74, 6) is 0. The number of anilines is 2. The fraction of sp³-hybridized carbons (Fsp3) is 0.0400. The fourth-order valence-electron chi connectivity index (χ4n) is 6.79. The molecular weight excluding hydrogens is 689 g/mol. The molecule has 0 aliphatic heterocycles. The zero-order chi connectivity index (χ0) is 38.7. The smallest absolute Gasteiger partial charge is 0.0999 e. The Morgan fingerprint density at radius 3 is 1.11 bits per heavy atom. The number of para-hydroxylation sites is 2. The van der Waals surface area contributed by atoms with Crippen LogP contribution in [0.5, 0.6) is 0 Å². The summed E-state index contributed by atoms with van der Waals surface area (Å²) >= 11 is 0. The fourth-order valence-corrected chi connectivity index (χ4v) is 6.79. The van der Waals surface area contributed by atoms with Gasteiger partial charge in [-0.2, -0.15) is 10.5 Å². The van der Waals surface area contributed by atoms with Crippen molar-refractivity contribution in [3.05, 3.63) is 215 Å². The Labute approximate surface area is 328 Å². The molecule has 0 aliphatic rings. The molecule has 6 heteroatoms. The molecule has 0 bridgehead atoms. The summed E-state index contributed by atoms with van der Waals surface area (Å²) in [4.78, 5) is 12.4. The van der Waals surface area contributed by atoms with Crippen LogP contribution in [0.1, 0.15) is 33.4 Å². The van der Waals surface area contributed by atoms with Gasteiger partial charge in [0.15, 0.2) is 0 Å². The van der Waals surface area contributed by atoms with E-state index >= 15 is 0 Å². The summed E-state index contributed by atoms with van der Waals surface area (Å²) in [5.41, 5.74) is 10.1. The summed E-state index contributed by atoms with van der Waals surface area (Å²) in [6, 6.07) is 64.3. The van der Waals surface area contributed by atoms with Crippen molar-refractivity contribution in [3.63, 3.8) is 0 Å². The minimum absolute atomic E-state index is 0.340. The largest absolute Gasteiger partial charge is 0.272 e. The lowest BCUT2D eigenvalue weighted by Crippen LogP contribution is -2.23. The molecule has 0 atom stereocenters. The highest BCUT2D eigenvalue weighted by Gasteiger charge is 2.26. The van der Waals surface area contributed by atoms with Gasteiger partial charge in [-0.05, 0) is 58.7 Å². The Balaban J connectivity index is 1.46. The van der Waals surface area contributed by atoms with Crippen LogP contribution < -0.4 is 10.1 Å². The minimum atomic E-state index is 0.340. The van der Waals surface area contributed by atoms with Gasteiger partial charge in [0.05, 0.1) is 60.3 Å². The molecule has 7 rings (SSSR count). The van der Waals surface area contributed by atoms with Crippen molar-refractivity contribution in [1.82, 2.24) is 0 Å². The molecule has 7 aromatic carbocycles. The van der Waals surface area contributed by atoms with Crippen LogP contribution in [0, 0.1) is 22.7 Å². The Morgan fingerprint density at radius 1 is 0.446 bits per heavy atom. The molecule has 7 aromatic rings. The molecule has 270 valence electrons. The molecule has 0 radical (unpaired) electrons. The van der Waals surface area contributed by atoms with Gasteiger partial charge in [-0.15, -0.1) is 0 Å². The van der Waals surface area contributed by atoms with E-state index in [1.54, 1.807) is 36.5 Å². The summed E-state index contributed by atoms with van der Waals surface area (Å²) in [5, 5.41) is 25.4. The third-order valence-electron chi connectivity index (χ3n) is 9.37. The lowest BCUT2D eigenvalue weighted by atomic mass is 9.93. The van der Waals surface area contributed by atoms with Crippen molar-refractivity contribution < 1.29 is 9.68 Å². The van der Waals surface area contributed by atoms with Gasteiger partial charge in [-0.25, -0.2) is 10.1 Å². The highest BCUT2D eigenvalue weighted by molar-refractivity contribution is 5.98. The predicted molar refractivity (Wildman–Crippen MR) is 227 cm³/mol. The molecule has 0 unspecified atom stereocenters. The van der Waals surface area contributed by atoms with Crippen molar-refractivity contribution in [3.8, 4) is 34.4 Å². The van der Waals surface area contributed by atoms with Gasteiger partial charge in [0, 0.05) is 22.3 Å². The number of hydrogen-bond donors (Lipinski definition) is 0. The van der Waals surface area contributed by atoms with E-state index in [0.29, 0.717) is 33.6 Å². The Morgan fingerprint density at radius 2 is 0.768 bits per heavy atom. The average molecular weight is 727 g/mol. The first-order chi connectivity index (χ1) is 27.6. The van der Waals surface area contributed by atoms with Gasteiger partial charge in [-0.1, -0.05) is 158 Å². The van der Waals surface area contributed by atoms with Crippen LogP contribution in [0.4, 0.5) is 11.4 Å². The van der Waals surface area contributed by atoms with Crippen LogP contribution >= 0.6 is 0 Å². The van der Waals surface area contributed by atoms with Crippen molar-refractivity contribution in [2.45, 2.75) is 0 Å². The zero-order valence-electron chi connectivity index (χ0n) is 31.1. The SMILES string of the molecule is CON(C(=Cc1ccccc1)c1cc(C#N)c(C(=Cc2ccccc2)N(OC)c2ccccc2-c2ccccc2)cc1C#N)c1ccccc1-c1ccccc1. The topological polar surface area (TPSA) is 72.5 Å². The van der Waals surface area contributed by atoms with E-state index in [0.717, 1.165) is 44.8 Å². The van der Waals surface area contributed by atoms with Crippen molar-refractivity contribution in [2.75, 3.05) is 24.3 Å². The van der Waals surface area contributed by atoms with Crippen molar-refractivity contribution >= 4 is 34.9 Å². The Hall–Kier alpha value is -7.48. The van der Waals surface area contributed by atoms with Crippen LogP contribution in [-0.4, -0.2) is 14.2 Å². The molecule has 0 heterocycles. The number of nitriles is 2. The van der Waals surface area contributed by atoms with Gasteiger partial charge >= 0.3 is 0 Å². The van der Waals surface area contributed by atoms with Gasteiger partial charge in [-0.3, -0.25) is 9.68 Å². The Bertz CT molecular complexity index is 2390. The quantitative estimate of drug-likeness (QED) is 0.0922. The first kappa shape index (κ1) is 36.9.